The van der Waals surface area contributed by atoms with Gasteiger partial charge in [0.1, 0.15) is 12.4 Å². The van der Waals surface area contributed by atoms with E-state index in [0.29, 0.717) is 28.6 Å². The number of carbonyl (C=O) groups excluding carboxylic acids is 1. The van der Waals surface area contributed by atoms with E-state index in [1.54, 1.807) is 44.2 Å². The molecule has 2 aromatic rings. The zero-order chi connectivity index (χ0) is 16.1. The lowest BCUT2D eigenvalue weighted by molar-refractivity contribution is 0.0377. The van der Waals surface area contributed by atoms with Crippen LogP contribution in [0.1, 0.15) is 29.8 Å². The fourth-order valence-electron chi connectivity index (χ4n) is 1.81. The smallest absolute Gasteiger partial charge is 0.338 e. The number of ether oxygens (including phenoxy) is 2. The predicted molar refractivity (Wildman–Crippen MR) is 87.2 cm³/mol. The second-order valence-corrected chi connectivity index (χ2v) is 5.56. The van der Waals surface area contributed by atoms with Crippen LogP contribution in [0.3, 0.4) is 0 Å². The lowest BCUT2D eigenvalue weighted by Crippen LogP contribution is -2.12. The summed E-state index contributed by atoms with van der Waals surface area (Å²) in [7, 11) is 0. The van der Waals surface area contributed by atoms with Crippen molar-refractivity contribution in [2.75, 3.05) is 5.73 Å². The van der Waals surface area contributed by atoms with Crippen molar-refractivity contribution < 1.29 is 14.3 Å². The van der Waals surface area contributed by atoms with Crippen LogP contribution in [0.15, 0.2) is 42.5 Å². The summed E-state index contributed by atoms with van der Waals surface area (Å²) in [5, 5.41) is 0.668. The Labute approximate surface area is 134 Å². The first-order valence-corrected chi connectivity index (χ1v) is 7.31. The van der Waals surface area contributed by atoms with Crippen molar-refractivity contribution in [2.45, 2.75) is 26.6 Å². The summed E-state index contributed by atoms with van der Waals surface area (Å²) in [6, 6.07) is 12.2. The van der Waals surface area contributed by atoms with Crippen molar-refractivity contribution in [1.29, 1.82) is 0 Å². The molecule has 2 aromatic carbocycles. The quantitative estimate of drug-likeness (QED) is 0.666. The molecule has 0 amide bonds. The highest BCUT2D eigenvalue weighted by atomic mass is 35.5. The monoisotopic (exact) mass is 319 g/mol. The van der Waals surface area contributed by atoms with Gasteiger partial charge in [0.15, 0.2) is 0 Å². The van der Waals surface area contributed by atoms with Crippen molar-refractivity contribution in [2.24, 2.45) is 0 Å². The summed E-state index contributed by atoms with van der Waals surface area (Å²) in [5.74, 6) is 0.0551. The van der Waals surface area contributed by atoms with E-state index in [4.69, 9.17) is 26.8 Å². The van der Waals surface area contributed by atoms with Gasteiger partial charge in [-0.1, -0.05) is 23.7 Å². The molecule has 0 bridgehead atoms. The second kappa shape index (κ2) is 7.18. The van der Waals surface area contributed by atoms with Crippen LogP contribution in [0.4, 0.5) is 5.69 Å². The summed E-state index contributed by atoms with van der Waals surface area (Å²) in [4.78, 5) is 11.9. The van der Waals surface area contributed by atoms with Gasteiger partial charge in [-0.05, 0) is 49.7 Å². The Kier molecular flexibility index (Phi) is 5.28. The highest BCUT2D eigenvalue weighted by Crippen LogP contribution is 2.24. The maximum atomic E-state index is 11.9. The van der Waals surface area contributed by atoms with E-state index in [1.807, 2.05) is 12.1 Å². The molecule has 0 atom stereocenters. The molecule has 0 spiro atoms. The lowest BCUT2D eigenvalue weighted by Gasteiger charge is -2.12. The summed E-state index contributed by atoms with van der Waals surface area (Å²) in [6.45, 7) is 3.93. The Balaban J connectivity index is 2.09. The van der Waals surface area contributed by atoms with E-state index < -0.39 is 5.97 Å². The third-order valence-electron chi connectivity index (χ3n) is 2.90. The molecule has 0 saturated heterocycles. The van der Waals surface area contributed by atoms with Crippen LogP contribution in [-0.4, -0.2) is 12.1 Å². The molecule has 116 valence electrons. The number of nitrogen functional groups attached to an aromatic ring is 1. The van der Waals surface area contributed by atoms with Gasteiger partial charge >= 0.3 is 5.97 Å². The third-order valence-corrected chi connectivity index (χ3v) is 3.15. The molecular weight excluding hydrogens is 302 g/mol. The average Bonchev–Trinajstić information content (AvgIpc) is 2.47. The van der Waals surface area contributed by atoms with Crippen LogP contribution in [0.2, 0.25) is 5.02 Å². The Hall–Kier alpha value is -2.20. The van der Waals surface area contributed by atoms with E-state index in [2.05, 4.69) is 0 Å². The summed E-state index contributed by atoms with van der Waals surface area (Å²) in [5.41, 5.74) is 7.72. The molecule has 2 rings (SSSR count). The molecule has 0 fully saturated rings. The highest BCUT2D eigenvalue weighted by molar-refractivity contribution is 6.30. The molecule has 4 nitrogen and oxygen atoms in total. The Morgan fingerprint density at radius 2 is 1.86 bits per heavy atom. The number of esters is 1. The standard InChI is InChI=1S/C17H18ClNO3/c1-11(2)22-17(20)13-5-8-15(19)16(9-13)21-10-12-3-6-14(18)7-4-12/h3-9,11H,10,19H2,1-2H3. The van der Waals surface area contributed by atoms with Crippen molar-refractivity contribution in [3.8, 4) is 5.75 Å². The van der Waals surface area contributed by atoms with Crippen LogP contribution in [0, 0.1) is 0 Å². The van der Waals surface area contributed by atoms with E-state index in [1.165, 1.54) is 0 Å². The number of hydrogen-bond acceptors (Lipinski definition) is 4. The predicted octanol–water partition coefficient (Wildman–Crippen LogP) is 4.07. The van der Waals surface area contributed by atoms with Crippen LogP contribution in [-0.2, 0) is 11.3 Å². The first kappa shape index (κ1) is 16.2. The van der Waals surface area contributed by atoms with Crippen molar-refractivity contribution in [1.82, 2.24) is 0 Å². The van der Waals surface area contributed by atoms with E-state index >= 15 is 0 Å². The SMILES string of the molecule is CC(C)OC(=O)c1ccc(N)c(OCc2ccc(Cl)cc2)c1. The molecule has 22 heavy (non-hydrogen) atoms. The van der Waals surface area contributed by atoms with E-state index in [0.717, 1.165) is 5.56 Å². The molecule has 0 aliphatic heterocycles. The highest BCUT2D eigenvalue weighted by Gasteiger charge is 2.12. The van der Waals surface area contributed by atoms with Gasteiger partial charge in [-0.3, -0.25) is 0 Å². The molecule has 2 N–H and O–H groups in total. The number of anilines is 1. The summed E-state index contributed by atoms with van der Waals surface area (Å²) >= 11 is 5.84. The zero-order valence-electron chi connectivity index (χ0n) is 12.5. The molecule has 0 radical (unpaired) electrons. The summed E-state index contributed by atoms with van der Waals surface area (Å²) in [6.07, 6.45) is -0.177. The maximum Gasteiger partial charge on any atom is 0.338 e. The molecule has 0 saturated carbocycles. The Bertz CT molecular complexity index is 653. The number of nitrogens with two attached hydrogens (primary N) is 1. The van der Waals surface area contributed by atoms with E-state index in [-0.39, 0.29) is 6.10 Å². The molecule has 0 unspecified atom stereocenters. The molecular formula is C17H18ClNO3. The van der Waals surface area contributed by atoms with Crippen LogP contribution >= 0.6 is 11.6 Å². The van der Waals surface area contributed by atoms with Crippen molar-refractivity contribution >= 4 is 23.3 Å². The average molecular weight is 320 g/mol. The number of rotatable bonds is 5. The van der Waals surface area contributed by atoms with Gasteiger partial charge in [0.2, 0.25) is 0 Å². The minimum atomic E-state index is -0.397. The van der Waals surface area contributed by atoms with Crippen LogP contribution < -0.4 is 10.5 Å². The first-order valence-electron chi connectivity index (χ1n) is 6.93. The minimum absolute atomic E-state index is 0.177. The molecule has 0 aliphatic rings. The number of carbonyl (C=O) groups is 1. The van der Waals surface area contributed by atoms with Crippen molar-refractivity contribution in [3.05, 3.63) is 58.6 Å². The molecule has 0 aromatic heterocycles. The molecule has 0 heterocycles. The normalized spacial score (nSPS) is 10.5. The van der Waals surface area contributed by atoms with E-state index in [9.17, 15) is 4.79 Å². The van der Waals surface area contributed by atoms with Gasteiger partial charge in [0, 0.05) is 5.02 Å². The third kappa shape index (κ3) is 4.40. The lowest BCUT2D eigenvalue weighted by atomic mass is 10.2. The van der Waals surface area contributed by atoms with Gasteiger partial charge in [-0.25, -0.2) is 4.79 Å². The zero-order valence-corrected chi connectivity index (χ0v) is 13.3. The van der Waals surface area contributed by atoms with Crippen LogP contribution in [0.5, 0.6) is 5.75 Å². The van der Waals surface area contributed by atoms with Crippen LogP contribution in [0.25, 0.3) is 0 Å². The summed E-state index contributed by atoms with van der Waals surface area (Å²) < 4.78 is 10.8. The van der Waals surface area contributed by atoms with Gasteiger partial charge in [-0.2, -0.15) is 0 Å². The first-order chi connectivity index (χ1) is 10.5. The van der Waals surface area contributed by atoms with Gasteiger partial charge in [0.05, 0.1) is 17.4 Å². The number of halogens is 1. The molecule has 5 heteroatoms. The minimum Gasteiger partial charge on any atom is -0.487 e. The second-order valence-electron chi connectivity index (χ2n) is 5.12. The van der Waals surface area contributed by atoms with Gasteiger partial charge in [-0.15, -0.1) is 0 Å². The maximum absolute atomic E-state index is 11.9. The van der Waals surface area contributed by atoms with Gasteiger partial charge < -0.3 is 15.2 Å². The Morgan fingerprint density at radius 3 is 2.50 bits per heavy atom. The Morgan fingerprint density at radius 1 is 1.18 bits per heavy atom. The number of benzene rings is 2. The van der Waals surface area contributed by atoms with Crippen molar-refractivity contribution in [3.63, 3.8) is 0 Å². The topological polar surface area (TPSA) is 61.5 Å². The fraction of sp³-hybridized carbons (Fsp3) is 0.235. The number of hydrogen-bond donors (Lipinski definition) is 1. The van der Waals surface area contributed by atoms with Gasteiger partial charge in [0.25, 0.3) is 0 Å². The fourth-order valence-corrected chi connectivity index (χ4v) is 1.94. The largest absolute Gasteiger partial charge is 0.487 e. The molecule has 0 aliphatic carbocycles.